The van der Waals surface area contributed by atoms with E-state index in [1.54, 1.807) is 26.0 Å². The lowest BCUT2D eigenvalue weighted by atomic mass is 10.3. The summed E-state index contributed by atoms with van der Waals surface area (Å²) in [6.45, 7) is 7.21. The van der Waals surface area contributed by atoms with Gasteiger partial charge in [0.15, 0.2) is 0 Å². The maximum atomic E-state index is 10.8. The van der Waals surface area contributed by atoms with Crippen LogP contribution in [0.25, 0.3) is 0 Å². The molecule has 0 saturated carbocycles. The molecule has 0 aromatic carbocycles. The molecule has 0 radical (unpaired) electrons. The number of carbonyl (C=O) groups excluding carboxylic acids is 1. The Morgan fingerprint density at radius 3 is 2.70 bits per heavy atom. The van der Waals surface area contributed by atoms with Gasteiger partial charge in [0, 0.05) is 5.57 Å². The lowest BCUT2D eigenvalue weighted by Gasteiger charge is -1.99. The van der Waals surface area contributed by atoms with Crippen LogP contribution in [0.15, 0.2) is 24.3 Å². The Bertz CT molecular complexity index is 157. The average molecular weight is 140 g/mol. The molecular formula is C8H12O2. The molecule has 0 rings (SSSR count). The Hall–Kier alpha value is -1.05. The summed E-state index contributed by atoms with van der Waals surface area (Å²) in [5, 5.41) is 0. The average Bonchev–Trinajstić information content (AvgIpc) is 1.98. The van der Waals surface area contributed by atoms with Crippen LogP contribution in [-0.2, 0) is 9.53 Å². The van der Waals surface area contributed by atoms with Gasteiger partial charge in [-0.1, -0.05) is 18.7 Å². The largest absolute Gasteiger partial charge is 0.458 e. The van der Waals surface area contributed by atoms with E-state index in [2.05, 4.69) is 6.58 Å². The fourth-order valence-corrected chi connectivity index (χ4v) is 0.366. The molecule has 0 saturated heterocycles. The molecule has 0 aliphatic rings. The van der Waals surface area contributed by atoms with Gasteiger partial charge in [-0.2, -0.15) is 0 Å². The summed E-state index contributed by atoms with van der Waals surface area (Å²) >= 11 is 0. The van der Waals surface area contributed by atoms with Gasteiger partial charge >= 0.3 is 5.97 Å². The fraction of sp³-hybridized carbons (Fsp3) is 0.375. The summed E-state index contributed by atoms with van der Waals surface area (Å²) in [6, 6.07) is 0. The van der Waals surface area contributed by atoms with Crippen molar-refractivity contribution in [1.82, 2.24) is 0 Å². The summed E-state index contributed by atoms with van der Waals surface area (Å²) in [5.74, 6) is -0.276. The Morgan fingerprint density at radius 2 is 2.30 bits per heavy atom. The van der Waals surface area contributed by atoms with Crippen molar-refractivity contribution < 1.29 is 9.53 Å². The number of hydrogen-bond donors (Lipinski definition) is 0. The zero-order valence-corrected chi connectivity index (χ0v) is 6.39. The standard InChI is InChI=1S/C8H12O2/c1-4-6-10-8(9)7(3)5-2/h4-5H,1,6H2,2-3H3/b7-5+. The van der Waals surface area contributed by atoms with Gasteiger partial charge in [-0.05, 0) is 13.8 Å². The second-order valence-corrected chi connectivity index (χ2v) is 1.86. The highest BCUT2D eigenvalue weighted by atomic mass is 16.5. The van der Waals surface area contributed by atoms with E-state index in [-0.39, 0.29) is 12.6 Å². The predicted molar refractivity (Wildman–Crippen MR) is 40.6 cm³/mol. The third kappa shape index (κ3) is 3.07. The summed E-state index contributed by atoms with van der Waals surface area (Å²) in [6.07, 6.45) is 3.26. The highest BCUT2D eigenvalue weighted by molar-refractivity contribution is 5.87. The van der Waals surface area contributed by atoms with Gasteiger partial charge in [-0.3, -0.25) is 0 Å². The molecule has 0 unspecified atom stereocenters. The van der Waals surface area contributed by atoms with Crippen molar-refractivity contribution in [3.63, 3.8) is 0 Å². The minimum absolute atomic E-state index is 0.276. The Morgan fingerprint density at radius 1 is 1.70 bits per heavy atom. The molecule has 0 fully saturated rings. The molecule has 0 aromatic heterocycles. The van der Waals surface area contributed by atoms with Crippen LogP contribution in [0.4, 0.5) is 0 Å². The lowest BCUT2D eigenvalue weighted by Crippen LogP contribution is -2.04. The van der Waals surface area contributed by atoms with E-state index in [1.807, 2.05) is 0 Å². The van der Waals surface area contributed by atoms with E-state index in [4.69, 9.17) is 4.74 Å². The van der Waals surface area contributed by atoms with Gasteiger partial charge in [-0.25, -0.2) is 4.79 Å². The van der Waals surface area contributed by atoms with Gasteiger partial charge in [0.1, 0.15) is 6.61 Å². The quantitative estimate of drug-likeness (QED) is 0.338. The fourth-order valence-electron chi connectivity index (χ4n) is 0.366. The molecule has 0 atom stereocenters. The van der Waals surface area contributed by atoms with Crippen molar-refractivity contribution >= 4 is 5.97 Å². The molecule has 0 N–H and O–H groups in total. The van der Waals surface area contributed by atoms with Crippen molar-refractivity contribution in [1.29, 1.82) is 0 Å². The zero-order chi connectivity index (χ0) is 7.98. The molecule has 0 aliphatic carbocycles. The number of ether oxygens (including phenoxy) is 1. The van der Waals surface area contributed by atoms with Gasteiger partial charge < -0.3 is 4.74 Å². The van der Waals surface area contributed by atoms with E-state index in [9.17, 15) is 4.79 Å². The molecule has 0 aliphatic heterocycles. The SMILES string of the molecule is C=CCOC(=O)/C(C)=C/C. The molecule has 10 heavy (non-hydrogen) atoms. The minimum Gasteiger partial charge on any atom is -0.458 e. The number of rotatable bonds is 3. The Kier molecular flexibility index (Phi) is 4.29. The zero-order valence-electron chi connectivity index (χ0n) is 6.39. The molecular weight excluding hydrogens is 128 g/mol. The molecule has 0 amide bonds. The number of carbonyl (C=O) groups is 1. The van der Waals surface area contributed by atoms with E-state index >= 15 is 0 Å². The third-order valence-corrected chi connectivity index (χ3v) is 1.09. The van der Waals surface area contributed by atoms with Crippen LogP contribution in [0.1, 0.15) is 13.8 Å². The van der Waals surface area contributed by atoms with Crippen LogP contribution >= 0.6 is 0 Å². The lowest BCUT2D eigenvalue weighted by molar-refractivity contribution is -0.137. The topological polar surface area (TPSA) is 26.3 Å². The van der Waals surface area contributed by atoms with E-state index in [0.29, 0.717) is 5.57 Å². The summed E-state index contributed by atoms with van der Waals surface area (Å²) in [5.41, 5.74) is 0.627. The molecule has 0 aromatic rings. The summed E-state index contributed by atoms with van der Waals surface area (Å²) in [7, 11) is 0. The number of allylic oxidation sites excluding steroid dienone is 1. The number of esters is 1. The third-order valence-electron chi connectivity index (χ3n) is 1.09. The molecule has 0 spiro atoms. The predicted octanol–water partition coefficient (Wildman–Crippen LogP) is 1.68. The monoisotopic (exact) mass is 140 g/mol. The van der Waals surface area contributed by atoms with Gasteiger partial charge in [0.05, 0.1) is 0 Å². The molecule has 56 valence electrons. The first kappa shape index (κ1) is 8.95. The second-order valence-electron chi connectivity index (χ2n) is 1.86. The van der Waals surface area contributed by atoms with Crippen molar-refractivity contribution in [2.45, 2.75) is 13.8 Å². The first-order chi connectivity index (χ1) is 4.72. The first-order valence-corrected chi connectivity index (χ1v) is 3.13. The Balaban J connectivity index is 3.74. The first-order valence-electron chi connectivity index (χ1n) is 3.13. The van der Waals surface area contributed by atoms with Gasteiger partial charge in [0.25, 0.3) is 0 Å². The van der Waals surface area contributed by atoms with Gasteiger partial charge in [-0.15, -0.1) is 0 Å². The van der Waals surface area contributed by atoms with Crippen LogP contribution < -0.4 is 0 Å². The molecule has 0 bridgehead atoms. The number of hydrogen-bond acceptors (Lipinski definition) is 2. The van der Waals surface area contributed by atoms with Gasteiger partial charge in [0.2, 0.25) is 0 Å². The van der Waals surface area contributed by atoms with E-state index in [0.717, 1.165) is 0 Å². The maximum Gasteiger partial charge on any atom is 0.333 e. The van der Waals surface area contributed by atoms with Crippen molar-refractivity contribution in [3.8, 4) is 0 Å². The van der Waals surface area contributed by atoms with Crippen LogP contribution in [0.3, 0.4) is 0 Å². The van der Waals surface area contributed by atoms with Crippen LogP contribution in [0.2, 0.25) is 0 Å². The second kappa shape index (κ2) is 4.79. The van der Waals surface area contributed by atoms with Crippen molar-refractivity contribution in [2.75, 3.05) is 6.61 Å². The van der Waals surface area contributed by atoms with Crippen LogP contribution in [0, 0.1) is 0 Å². The highest BCUT2D eigenvalue weighted by Crippen LogP contribution is 1.94. The van der Waals surface area contributed by atoms with Crippen LogP contribution in [0.5, 0.6) is 0 Å². The van der Waals surface area contributed by atoms with Crippen molar-refractivity contribution in [3.05, 3.63) is 24.3 Å². The summed E-state index contributed by atoms with van der Waals surface area (Å²) in [4.78, 5) is 10.8. The molecule has 2 nitrogen and oxygen atoms in total. The molecule has 2 heteroatoms. The smallest absolute Gasteiger partial charge is 0.333 e. The summed E-state index contributed by atoms with van der Waals surface area (Å²) < 4.78 is 4.72. The van der Waals surface area contributed by atoms with E-state index < -0.39 is 0 Å². The maximum absolute atomic E-state index is 10.8. The Labute approximate surface area is 61.2 Å². The highest BCUT2D eigenvalue weighted by Gasteiger charge is 2.00. The normalized spacial score (nSPS) is 10.8. The van der Waals surface area contributed by atoms with E-state index in [1.165, 1.54) is 0 Å². The minimum atomic E-state index is -0.276. The van der Waals surface area contributed by atoms with Crippen LogP contribution in [-0.4, -0.2) is 12.6 Å². The molecule has 0 heterocycles. The van der Waals surface area contributed by atoms with Crippen molar-refractivity contribution in [2.24, 2.45) is 0 Å².